The lowest BCUT2D eigenvalue weighted by atomic mass is 10.0. The second-order valence-corrected chi connectivity index (χ2v) is 7.78. The molecule has 2 atom stereocenters. The summed E-state index contributed by atoms with van der Waals surface area (Å²) < 4.78 is 13.1. The highest BCUT2D eigenvalue weighted by Gasteiger charge is 2.39. The Balaban J connectivity index is 1.40. The first kappa shape index (κ1) is 22.1. The molecule has 2 heterocycles. The van der Waals surface area contributed by atoms with Crippen LogP contribution >= 0.6 is 0 Å². The molecule has 1 fully saturated rings. The van der Waals surface area contributed by atoms with Gasteiger partial charge in [0.2, 0.25) is 5.91 Å². The topological polar surface area (TPSA) is 91.4 Å². The Morgan fingerprint density at radius 3 is 2.48 bits per heavy atom. The molecular weight excluding hydrogens is 423 g/mol. The average molecular weight is 446 g/mol. The van der Waals surface area contributed by atoms with Crippen molar-refractivity contribution < 1.29 is 18.8 Å². The van der Waals surface area contributed by atoms with Crippen molar-refractivity contribution >= 4 is 23.4 Å². The minimum atomic E-state index is -0.828. The zero-order valence-electron chi connectivity index (χ0n) is 17.8. The van der Waals surface area contributed by atoms with Crippen molar-refractivity contribution in [2.24, 2.45) is 0 Å². The number of aryl methyl sites for hydroxylation is 1. The van der Waals surface area contributed by atoms with Gasteiger partial charge in [-0.05, 0) is 54.8 Å². The first-order valence-electron chi connectivity index (χ1n) is 10.6. The van der Waals surface area contributed by atoms with Crippen molar-refractivity contribution in [3.63, 3.8) is 0 Å². The molecule has 8 heteroatoms. The smallest absolute Gasteiger partial charge is 0.253 e. The molecule has 2 aromatic carbocycles. The van der Waals surface area contributed by atoms with E-state index in [4.69, 9.17) is 0 Å². The Hall–Kier alpha value is -4.07. The molecule has 0 radical (unpaired) electrons. The van der Waals surface area contributed by atoms with Crippen molar-refractivity contribution in [1.82, 2.24) is 15.6 Å². The zero-order valence-corrected chi connectivity index (χ0v) is 17.8. The largest absolute Gasteiger partial charge is 0.341 e. The molecule has 0 aliphatic carbocycles. The predicted octanol–water partition coefficient (Wildman–Crippen LogP) is 2.48. The van der Waals surface area contributed by atoms with Gasteiger partial charge in [-0.3, -0.25) is 19.4 Å². The average Bonchev–Trinajstić information content (AvgIpc) is 2.85. The monoisotopic (exact) mass is 446 g/mol. The van der Waals surface area contributed by atoms with Gasteiger partial charge in [0.05, 0.1) is 12.1 Å². The molecule has 168 valence electrons. The van der Waals surface area contributed by atoms with Crippen molar-refractivity contribution in [3.05, 3.63) is 96.1 Å². The van der Waals surface area contributed by atoms with Crippen LogP contribution in [0.25, 0.3) is 0 Å². The summed E-state index contributed by atoms with van der Waals surface area (Å²) in [6, 6.07) is 17.0. The van der Waals surface area contributed by atoms with Crippen LogP contribution < -0.4 is 15.5 Å². The third-order valence-electron chi connectivity index (χ3n) is 5.49. The van der Waals surface area contributed by atoms with E-state index in [2.05, 4.69) is 15.6 Å². The van der Waals surface area contributed by atoms with Crippen molar-refractivity contribution in [1.29, 1.82) is 0 Å². The van der Waals surface area contributed by atoms with Crippen LogP contribution in [0.3, 0.4) is 0 Å². The van der Waals surface area contributed by atoms with Gasteiger partial charge in [0.15, 0.2) is 0 Å². The molecule has 1 aromatic heterocycles. The van der Waals surface area contributed by atoms with E-state index in [-0.39, 0.29) is 18.3 Å². The summed E-state index contributed by atoms with van der Waals surface area (Å²) in [4.78, 5) is 43.6. The van der Waals surface area contributed by atoms with E-state index in [1.807, 2.05) is 30.3 Å². The number of carbonyl (C=O) groups excluding carboxylic acids is 3. The quantitative estimate of drug-likeness (QED) is 0.520. The standard InChI is InChI=1S/C25H23FN4O3/c26-19-9-11-20(12-10-19)30-16-22(25(30)33)29-24(32)21(13-8-17-5-2-1-3-6-17)28-23(31)18-7-4-14-27-15-18/h1-7,9-12,14-15,21-22H,8,13,16H2,(H,28,31)(H,29,32)/t21-,22-/m0/s1. The molecule has 4 rings (SSSR count). The van der Waals surface area contributed by atoms with Crippen LogP contribution in [0.4, 0.5) is 10.1 Å². The summed E-state index contributed by atoms with van der Waals surface area (Å²) in [5.74, 6) is -1.51. The van der Waals surface area contributed by atoms with Gasteiger partial charge in [0.1, 0.15) is 17.9 Å². The summed E-state index contributed by atoms with van der Waals surface area (Å²) >= 11 is 0. The normalized spacial score (nSPS) is 16.0. The van der Waals surface area contributed by atoms with E-state index in [9.17, 15) is 18.8 Å². The maximum Gasteiger partial charge on any atom is 0.253 e. The molecule has 0 bridgehead atoms. The SMILES string of the molecule is O=C(N[C@@H](CCc1ccccc1)C(=O)N[C@H]1CN(c2ccc(F)cc2)C1=O)c1cccnc1. The number of nitrogens with one attached hydrogen (secondary N) is 2. The van der Waals surface area contributed by atoms with Crippen molar-refractivity contribution in [3.8, 4) is 0 Å². The van der Waals surface area contributed by atoms with E-state index in [0.29, 0.717) is 24.1 Å². The van der Waals surface area contributed by atoms with Gasteiger partial charge in [0.25, 0.3) is 11.8 Å². The Labute approximate surface area is 190 Å². The number of hydrogen-bond donors (Lipinski definition) is 2. The van der Waals surface area contributed by atoms with Gasteiger partial charge in [-0.2, -0.15) is 0 Å². The maximum atomic E-state index is 13.1. The minimum Gasteiger partial charge on any atom is -0.341 e. The highest BCUT2D eigenvalue weighted by molar-refractivity contribution is 6.06. The van der Waals surface area contributed by atoms with Gasteiger partial charge in [-0.15, -0.1) is 0 Å². The lowest BCUT2D eigenvalue weighted by Crippen LogP contribution is -2.66. The molecule has 3 aromatic rings. The highest BCUT2D eigenvalue weighted by Crippen LogP contribution is 2.22. The summed E-state index contributed by atoms with van der Waals surface area (Å²) in [6.07, 6.45) is 3.93. The predicted molar refractivity (Wildman–Crippen MR) is 121 cm³/mol. The molecular formula is C25H23FN4O3. The molecule has 33 heavy (non-hydrogen) atoms. The molecule has 2 N–H and O–H groups in total. The fourth-order valence-electron chi connectivity index (χ4n) is 3.62. The first-order chi connectivity index (χ1) is 16.0. The number of carbonyl (C=O) groups is 3. The first-order valence-corrected chi connectivity index (χ1v) is 10.6. The third kappa shape index (κ3) is 5.41. The van der Waals surface area contributed by atoms with E-state index >= 15 is 0 Å². The van der Waals surface area contributed by atoms with Crippen LogP contribution in [-0.4, -0.2) is 41.3 Å². The Kier molecular flexibility index (Phi) is 6.73. The van der Waals surface area contributed by atoms with Gasteiger partial charge < -0.3 is 15.5 Å². The number of halogens is 1. The van der Waals surface area contributed by atoms with Gasteiger partial charge in [-0.25, -0.2) is 4.39 Å². The van der Waals surface area contributed by atoms with Crippen molar-refractivity contribution in [2.75, 3.05) is 11.4 Å². The van der Waals surface area contributed by atoms with Gasteiger partial charge in [0, 0.05) is 18.1 Å². The second-order valence-electron chi connectivity index (χ2n) is 7.78. The Morgan fingerprint density at radius 1 is 1.06 bits per heavy atom. The lowest BCUT2D eigenvalue weighted by molar-refractivity contribution is -0.131. The summed E-state index contributed by atoms with van der Waals surface area (Å²) in [7, 11) is 0. The zero-order chi connectivity index (χ0) is 23.2. The Bertz CT molecular complexity index is 1120. The maximum absolute atomic E-state index is 13.1. The van der Waals surface area contributed by atoms with Crippen LogP contribution in [0.5, 0.6) is 0 Å². The van der Waals surface area contributed by atoms with E-state index < -0.39 is 23.9 Å². The van der Waals surface area contributed by atoms with E-state index in [1.165, 1.54) is 35.4 Å². The summed E-state index contributed by atoms with van der Waals surface area (Å²) in [6.45, 7) is 0.276. The summed E-state index contributed by atoms with van der Waals surface area (Å²) in [5, 5.41) is 5.50. The van der Waals surface area contributed by atoms with Crippen molar-refractivity contribution in [2.45, 2.75) is 24.9 Å². The number of aromatic nitrogens is 1. The van der Waals surface area contributed by atoms with Crippen LogP contribution in [-0.2, 0) is 16.0 Å². The summed E-state index contributed by atoms with van der Waals surface area (Å²) in [5.41, 5.74) is 1.95. The number of hydrogen-bond acceptors (Lipinski definition) is 4. The molecule has 1 aliphatic heterocycles. The molecule has 1 aliphatic rings. The van der Waals surface area contributed by atoms with Crippen LogP contribution in [0.2, 0.25) is 0 Å². The number of pyridine rings is 1. The molecule has 3 amide bonds. The number of nitrogens with zero attached hydrogens (tertiary/aromatic N) is 2. The van der Waals surface area contributed by atoms with Crippen LogP contribution in [0.15, 0.2) is 79.1 Å². The second kappa shape index (κ2) is 10.0. The number of β-lactam (4-membered cyclic amide) rings is 1. The fourth-order valence-corrected chi connectivity index (χ4v) is 3.62. The number of amides is 3. The van der Waals surface area contributed by atoms with E-state index in [0.717, 1.165) is 5.56 Å². The molecule has 1 saturated heterocycles. The van der Waals surface area contributed by atoms with E-state index in [1.54, 1.807) is 18.3 Å². The van der Waals surface area contributed by atoms with Crippen LogP contribution in [0, 0.1) is 5.82 Å². The number of benzene rings is 2. The number of anilines is 1. The third-order valence-corrected chi connectivity index (χ3v) is 5.49. The molecule has 7 nitrogen and oxygen atoms in total. The molecule has 0 unspecified atom stereocenters. The minimum absolute atomic E-state index is 0.276. The van der Waals surface area contributed by atoms with Crippen LogP contribution in [0.1, 0.15) is 22.3 Å². The van der Waals surface area contributed by atoms with Gasteiger partial charge >= 0.3 is 0 Å². The Morgan fingerprint density at radius 2 is 1.82 bits per heavy atom. The molecule has 0 saturated carbocycles. The lowest BCUT2D eigenvalue weighted by Gasteiger charge is -2.39. The fraction of sp³-hybridized carbons (Fsp3) is 0.200. The molecule has 0 spiro atoms. The number of rotatable bonds is 8. The van der Waals surface area contributed by atoms with Gasteiger partial charge in [-0.1, -0.05) is 30.3 Å². The highest BCUT2D eigenvalue weighted by atomic mass is 19.1.